The normalized spacial score (nSPS) is 11.3. The summed E-state index contributed by atoms with van der Waals surface area (Å²) in [6.45, 7) is 6.00. The predicted octanol–water partition coefficient (Wildman–Crippen LogP) is 9.23. The molecule has 0 atom stereocenters. The highest BCUT2D eigenvalue weighted by atomic mass is 16.5. The lowest BCUT2D eigenvalue weighted by atomic mass is 10.1. The number of carbonyl (C=O) groups excluding carboxylic acids is 1. The molecular formula is C35H50N4O3. The summed E-state index contributed by atoms with van der Waals surface area (Å²) in [7, 11) is 0. The van der Waals surface area contributed by atoms with Crippen molar-refractivity contribution in [2.45, 2.75) is 117 Å². The van der Waals surface area contributed by atoms with Gasteiger partial charge in [0.15, 0.2) is 0 Å². The molecule has 2 aromatic carbocycles. The molecule has 228 valence electrons. The lowest BCUT2D eigenvalue weighted by Crippen LogP contribution is -2.03. The van der Waals surface area contributed by atoms with Gasteiger partial charge in [0.05, 0.1) is 13.2 Å². The lowest BCUT2D eigenvalue weighted by molar-refractivity contribution is -0.128. The molecule has 0 saturated heterocycles. The average molecular weight is 575 g/mol. The van der Waals surface area contributed by atoms with Crippen LogP contribution in [0.15, 0.2) is 54.6 Å². The van der Waals surface area contributed by atoms with E-state index in [1.807, 2.05) is 36.4 Å². The molecule has 0 fully saturated rings. The second kappa shape index (κ2) is 20.4. The van der Waals surface area contributed by atoms with Gasteiger partial charge in [-0.1, -0.05) is 109 Å². The van der Waals surface area contributed by atoms with Gasteiger partial charge >= 0.3 is 5.97 Å². The number of esters is 1. The first-order valence-corrected chi connectivity index (χ1v) is 16.2. The molecule has 1 heterocycles. The van der Waals surface area contributed by atoms with E-state index < -0.39 is 5.97 Å². The number of hydrogen-bond acceptors (Lipinski definition) is 6. The van der Waals surface area contributed by atoms with E-state index in [9.17, 15) is 4.79 Å². The number of benzene rings is 2. The van der Waals surface area contributed by atoms with Gasteiger partial charge in [-0.25, -0.2) is 4.79 Å². The van der Waals surface area contributed by atoms with E-state index >= 15 is 0 Å². The number of rotatable bonds is 22. The Hall–Kier alpha value is -3.48. The molecule has 0 bridgehead atoms. The van der Waals surface area contributed by atoms with Crippen molar-refractivity contribution in [1.29, 1.82) is 0 Å². The minimum atomic E-state index is -0.434. The second-order valence-corrected chi connectivity index (χ2v) is 11.0. The summed E-state index contributed by atoms with van der Waals surface area (Å²) in [6, 6.07) is 14.9. The zero-order valence-electron chi connectivity index (χ0n) is 25.8. The molecular weight excluding hydrogens is 524 g/mol. The van der Waals surface area contributed by atoms with Crippen LogP contribution in [0.3, 0.4) is 0 Å². The van der Waals surface area contributed by atoms with Crippen LogP contribution in [-0.2, 0) is 11.3 Å². The molecule has 0 spiro atoms. The van der Waals surface area contributed by atoms with E-state index in [4.69, 9.17) is 9.47 Å². The van der Waals surface area contributed by atoms with Crippen molar-refractivity contribution in [2.24, 2.45) is 0 Å². The zero-order chi connectivity index (χ0) is 29.7. The van der Waals surface area contributed by atoms with Crippen LogP contribution < -0.4 is 9.47 Å². The Balaban J connectivity index is 1.33. The van der Waals surface area contributed by atoms with E-state index in [0.29, 0.717) is 11.6 Å². The van der Waals surface area contributed by atoms with E-state index in [1.165, 1.54) is 89.5 Å². The van der Waals surface area contributed by atoms with Gasteiger partial charge in [-0.05, 0) is 66.1 Å². The molecule has 0 radical (unpaired) electrons. The van der Waals surface area contributed by atoms with Gasteiger partial charge < -0.3 is 9.47 Å². The minimum Gasteiger partial charge on any atom is -0.494 e. The number of nitrogens with zero attached hydrogens (tertiary/aromatic N) is 4. The Morgan fingerprint density at radius 2 is 1.29 bits per heavy atom. The van der Waals surface area contributed by atoms with Crippen LogP contribution in [0.25, 0.3) is 17.5 Å². The molecule has 7 nitrogen and oxygen atoms in total. The topological polar surface area (TPSA) is 79.1 Å². The summed E-state index contributed by atoms with van der Waals surface area (Å²) in [5.74, 6) is 1.45. The summed E-state index contributed by atoms with van der Waals surface area (Å²) in [6.07, 6.45) is 22.2. The first-order valence-electron chi connectivity index (χ1n) is 16.2. The zero-order valence-corrected chi connectivity index (χ0v) is 25.8. The molecule has 42 heavy (non-hydrogen) atoms. The quantitative estimate of drug-likeness (QED) is 0.0515. The van der Waals surface area contributed by atoms with Crippen LogP contribution in [0.1, 0.15) is 116 Å². The van der Waals surface area contributed by atoms with Crippen molar-refractivity contribution < 1.29 is 14.3 Å². The monoisotopic (exact) mass is 574 g/mol. The van der Waals surface area contributed by atoms with Crippen LogP contribution >= 0.6 is 0 Å². The molecule has 0 unspecified atom stereocenters. The molecule has 0 aliphatic heterocycles. The van der Waals surface area contributed by atoms with E-state index in [0.717, 1.165) is 42.9 Å². The molecule has 3 aromatic rings. The summed E-state index contributed by atoms with van der Waals surface area (Å²) in [5.41, 5.74) is 1.74. The van der Waals surface area contributed by atoms with E-state index in [1.54, 1.807) is 23.0 Å². The maximum Gasteiger partial charge on any atom is 0.336 e. The third-order valence-electron chi connectivity index (χ3n) is 7.30. The summed E-state index contributed by atoms with van der Waals surface area (Å²) in [4.78, 5) is 14.0. The Morgan fingerprint density at radius 1 is 0.714 bits per heavy atom. The Kier molecular flexibility index (Phi) is 16.0. The largest absolute Gasteiger partial charge is 0.494 e. The number of aryl methyl sites for hydroxylation is 1. The third kappa shape index (κ3) is 13.5. The van der Waals surface area contributed by atoms with Gasteiger partial charge in [0.2, 0.25) is 5.82 Å². The number of carbonyl (C=O) groups is 1. The van der Waals surface area contributed by atoms with E-state index in [2.05, 4.69) is 29.3 Å². The molecule has 0 N–H and O–H groups in total. The van der Waals surface area contributed by atoms with Crippen molar-refractivity contribution in [1.82, 2.24) is 20.2 Å². The van der Waals surface area contributed by atoms with Gasteiger partial charge in [-0.15, -0.1) is 10.2 Å². The Morgan fingerprint density at radius 3 is 1.93 bits per heavy atom. The lowest BCUT2D eigenvalue weighted by Gasteiger charge is -2.06. The number of hydrogen-bond donors (Lipinski definition) is 0. The molecule has 0 amide bonds. The fourth-order valence-corrected chi connectivity index (χ4v) is 4.75. The number of tetrazole rings is 1. The van der Waals surface area contributed by atoms with Gasteiger partial charge in [-0.3, -0.25) is 0 Å². The van der Waals surface area contributed by atoms with Crippen molar-refractivity contribution >= 4 is 12.0 Å². The van der Waals surface area contributed by atoms with Crippen molar-refractivity contribution in [3.63, 3.8) is 0 Å². The van der Waals surface area contributed by atoms with Crippen LogP contribution in [0.2, 0.25) is 0 Å². The smallest absolute Gasteiger partial charge is 0.336 e. The third-order valence-corrected chi connectivity index (χ3v) is 7.30. The highest BCUT2D eigenvalue weighted by Crippen LogP contribution is 2.20. The van der Waals surface area contributed by atoms with Gasteiger partial charge in [0, 0.05) is 11.6 Å². The highest BCUT2D eigenvalue weighted by Gasteiger charge is 2.08. The van der Waals surface area contributed by atoms with Crippen molar-refractivity contribution in [2.75, 3.05) is 6.61 Å². The maximum absolute atomic E-state index is 12.3. The van der Waals surface area contributed by atoms with Crippen molar-refractivity contribution in [3.8, 4) is 22.9 Å². The van der Waals surface area contributed by atoms with Crippen LogP contribution in [-0.4, -0.2) is 32.8 Å². The van der Waals surface area contributed by atoms with Gasteiger partial charge in [0.25, 0.3) is 0 Å². The second-order valence-electron chi connectivity index (χ2n) is 11.0. The summed E-state index contributed by atoms with van der Waals surface area (Å²) in [5, 5.41) is 12.9. The molecule has 3 rings (SSSR count). The standard InChI is InChI=1S/C35H50N4O3/c1-3-5-7-9-11-12-14-16-28-39-37-35(36-38-39)31-21-25-33(26-22-31)42-34(40)27-20-30-18-23-32(24-19-30)41-29-17-15-13-10-8-6-4-2/h18-27H,3-17,28-29H2,1-2H3/b27-20+. The number of aromatic nitrogens is 4. The Labute approximate surface area is 252 Å². The first-order chi connectivity index (χ1) is 20.7. The van der Waals surface area contributed by atoms with Crippen LogP contribution in [0.5, 0.6) is 11.5 Å². The average Bonchev–Trinajstić information content (AvgIpc) is 3.49. The fourth-order valence-electron chi connectivity index (χ4n) is 4.75. The van der Waals surface area contributed by atoms with E-state index in [-0.39, 0.29) is 0 Å². The minimum absolute atomic E-state index is 0.434. The molecule has 7 heteroatoms. The van der Waals surface area contributed by atoms with Crippen LogP contribution in [0, 0.1) is 0 Å². The van der Waals surface area contributed by atoms with Crippen LogP contribution in [0.4, 0.5) is 0 Å². The molecule has 0 aliphatic rings. The molecule has 1 aromatic heterocycles. The fraction of sp³-hybridized carbons (Fsp3) is 0.543. The molecule has 0 saturated carbocycles. The maximum atomic E-state index is 12.3. The SMILES string of the molecule is CCCCCCCCCCn1nnc(-c2ccc(OC(=O)/C=C/c3ccc(OCCCCCCCCC)cc3)cc2)n1. The molecule has 0 aliphatic carbocycles. The Bertz CT molecular complexity index is 1160. The first kappa shape index (κ1) is 33.0. The predicted molar refractivity (Wildman–Crippen MR) is 170 cm³/mol. The summed E-state index contributed by atoms with van der Waals surface area (Å²) < 4.78 is 11.3. The summed E-state index contributed by atoms with van der Waals surface area (Å²) >= 11 is 0. The van der Waals surface area contributed by atoms with Gasteiger partial charge in [0.1, 0.15) is 11.5 Å². The number of ether oxygens (including phenoxy) is 2. The van der Waals surface area contributed by atoms with Gasteiger partial charge in [-0.2, -0.15) is 4.80 Å². The van der Waals surface area contributed by atoms with Crippen molar-refractivity contribution in [3.05, 3.63) is 60.2 Å². The highest BCUT2D eigenvalue weighted by molar-refractivity contribution is 5.88. The number of unbranched alkanes of at least 4 members (excludes halogenated alkanes) is 13.